The van der Waals surface area contributed by atoms with Gasteiger partial charge in [-0.2, -0.15) is 0 Å². The van der Waals surface area contributed by atoms with E-state index in [1.807, 2.05) is 0 Å². The molecule has 7 nitrogen and oxygen atoms in total. The van der Waals surface area contributed by atoms with Crippen LogP contribution in [-0.4, -0.2) is 49.8 Å². The van der Waals surface area contributed by atoms with E-state index in [1.54, 1.807) is 25.1 Å². The van der Waals surface area contributed by atoms with Crippen LogP contribution in [-0.2, 0) is 14.4 Å². The average Bonchev–Trinajstić information content (AvgIpc) is 2.86. The number of carbonyl (C=O) groups is 3. The molecule has 0 aromatic heterocycles. The molecule has 1 aromatic carbocycles. The average molecular weight is 394 g/mol. The quantitative estimate of drug-likeness (QED) is 0.369. The van der Waals surface area contributed by atoms with Crippen molar-refractivity contribution in [3.05, 3.63) is 34.7 Å². The zero-order chi connectivity index (χ0) is 19.3. The molecule has 1 fully saturated rings. The first-order valence-electron chi connectivity index (χ1n) is 7.86. The van der Waals surface area contributed by atoms with Gasteiger partial charge in [-0.3, -0.25) is 19.3 Å². The maximum absolute atomic E-state index is 12.6. The molecule has 1 heterocycles. The number of benzene rings is 1. The van der Waals surface area contributed by atoms with Crippen LogP contribution < -0.4 is 5.32 Å². The van der Waals surface area contributed by atoms with Crippen LogP contribution in [0.5, 0.6) is 5.75 Å². The van der Waals surface area contributed by atoms with E-state index in [9.17, 15) is 19.5 Å². The summed E-state index contributed by atoms with van der Waals surface area (Å²) in [6.07, 6.45) is 1.80. The van der Waals surface area contributed by atoms with Crippen LogP contribution in [0, 0.1) is 0 Å². The van der Waals surface area contributed by atoms with Gasteiger partial charge < -0.3 is 15.5 Å². The number of nitrogens with one attached hydrogen (secondary N) is 1. The highest BCUT2D eigenvalue weighted by molar-refractivity contribution is 8.26. The molecule has 0 radical (unpaired) electrons. The van der Waals surface area contributed by atoms with E-state index in [2.05, 4.69) is 5.32 Å². The second-order valence-electron chi connectivity index (χ2n) is 5.57. The lowest BCUT2D eigenvalue weighted by Crippen LogP contribution is -2.47. The Kier molecular flexibility index (Phi) is 6.76. The van der Waals surface area contributed by atoms with E-state index < -0.39 is 23.8 Å². The highest BCUT2D eigenvalue weighted by Crippen LogP contribution is 2.35. The number of carbonyl (C=O) groups excluding carboxylic acids is 2. The number of thiocarbonyl (C=S) groups is 1. The van der Waals surface area contributed by atoms with Gasteiger partial charge in [0.05, 0.1) is 4.91 Å². The summed E-state index contributed by atoms with van der Waals surface area (Å²) in [5.41, 5.74) is 0.485. The van der Waals surface area contributed by atoms with Gasteiger partial charge in [-0.25, -0.2) is 0 Å². The Morgan fingerprint density at radius 2 is 2.08 bits per heavy atom. The first-order valence-corrected chi connectivity index (χ1v) is 9.08. The molecule has 1 saturated heterocycles. The molecular formula is C17H18N2O5S2. The van der Waals surface area contributed by atoms with Crippen molar-refractivity contribution in [2.45, 2.75) is 25.8 Å². The van der Waals surface area contributed by atoms with Gasteiger partial charge in [-0.05, 0) is 25.5 Å². The highest BCUT2D eigenvalue weighted by atomic mass is 32.2. The molecule has 0 bridgehead atoms. The monoisotopic (exact) mass is 394 g/mol. The molecule has 0 spiro atoms. The summed E-state index contributed by atoms with van der Waals surface area (Å²) in [6, 6.07) is 5.77. The lowest BCUT2D eigenvalue weighted by atomic mass is 10.2. The number of rotatable bonds is 7. The summed E-state index contributed by atoms with van der Waals surface area (Å²) in [6.45, 7) is 1.76. The van der Waals surface area contributed by atoms with Crippen molar-refractivity contribution >= 4 is 52.2 Å². The standard InChI is InChI=1S/C17H18N2O5S2/c1-10(15(23)18-8-4-7-14(21)22)19-16(24)13(26-17(19)25)9-11-5-2-3-6-12(11)20/h2-3,5-6,9-10,20H,4,7-8H2,1H3,(H,18,23)(H,21,22)/b13-9-. The predicted molar refractivity (Wildman–Crippen MR) is 102 cm³/mol. The van der Waals surface area contributed by atoms with Crippen LogP contribution in [0.1, 0.15) is 25.3 Å². The summed E-state index contributed by atoms with van der Waals surface area (Å²) in [7, 11) is 0. The Morgan fingerprint density at radius 1 is 1.38 bits per heavy atom. The lowest BCUT2D eigenvalue weighted by molar-refractivity contribution is -0.137. The van der Waals surface area contributed by atoms with Crippen molar-refractivity contribution in [2.75, 3.05) is 6.54 Å². The number of phenolic OH excluding ortho intramolecular Hbond substituents is 1. The molecule has 2 amide bonds. The van der Waals surface area contributed by atoms with Crippen LogP contribution >= 0.6 is 24.0 Å². The molecule has 0 aliphatic carbocycles. The van der Waals surface area contributed by atoms with Crippen molar-refractivity contribution < 1.29 is 24.6 Å². The number of phenols is 1. The largest absolute Gasteiger partial charge is 0.507 e. The van der Waals surface area contributed by atoms with Gasteiger partial charge in [-0.1, -0.05) is 42.2 Å². The summed E-state index contributed by atoms with van der Waals surface area (Å²) < 4.78 is 0.254. The fourth-order valence-corrected chi connectivity index (χ4v) is 3.69. The molecule has 1 aliphatic heterocycles. The molecule has 1 aliphatic rings. The van der Waals surface area contributed by atoms with Gasteiger partial charge in [0.15, 0.2) is 0 Å². The van der Waals surface area contributed by atoms with E-state index in [0.29, 0.717) is 16.9 Å². The van der Waals surface area contributed by atoms with E-state index >= 15 is 0 Å². The minimum atomic E-state index is -0.932. The van der Waals surface area contributed by atoms with Gasteiger partial charge in [-0.15, -0.1) is 0 Å². The second kappa shape index (κ2) is 8.81. The number of hydrogen-bond acceptors (Lipinski definition) is 6. The molecule has 26 heavy (non-hydrogen) atoms. The predicted octanol–water partition coefficient (Wildman–Crippen LogP) is 1.96. The number of nitrogens with zero attached hydrogens (tertiary/aromatic N) is 1. The molecule has 138 valence electrons. The van der Waals surface area contributed by atoms with Crippen molar-refractivity contribution in [1.29, 1.82) is 0 Å². The fourth-order valence-electron chi connectivity index (χ4n) is 2.28. The van der Waals surface area contributed by atoms with Crippen LogP contribution in [0.15, 0.2) is 29.2 Å². The topological polar surface area (TPSA) is 107 Å². The SMILES string of the molecule is CC(C(=O)NCCCC(=O)O)N1C(=O)/C(=C/c2ccccc2O)SC1=S. The molecule has 1 aromatic rings. The number of thioether (sulfide) groups is 1. The maximum atomic E-state index is 12.6. The summed E-state index contributed by atoms with van der Waals surface area (Å²) in [5.74, 6) is -1.70. The Balaban J connectivity index is 2.05. The molecule has 0 saturated carbocycles. The fraction of sp³-hybridized carbons (Fsp3) is 0.294. The number of carboxylic acids is 1. The minimum absolute atomic E-state index is 0.0426. The number of amides is 2. The molecule has 9 heteroatoms. The number of carboxylic acid groups (broad SMARTS) is 1. The normalized spacial score (nSPS) is 16.8. The van der Waals surface area contributed by atoms with Gasteiger partial charge in [0.1, 0.15) is 16.1 Å². The number of para-hydroxylation sites is 1. The van der Waals surface area contributed by atoms with Crippen molar-refractivity contribution in [2.24, 2.45) is 0 Å². The Bertz CT molecular complexity index is 778. The Morgan fingerprint density at radius 3 is 2.73 bits per heavy atom. The van der Waals surface area contributed by atoms with E-state index in [-0.39, 0.29) is 23.0 Å². The first-order chi connectivity index (χ1) is 12.3. The van der Waals surface area contributed by atoms with Crippen LogP contribution in [0.2, 0.25) is 0 Å². The summed E-state index contributed by atoms with van der Waals surface area (Å²) in [5, 5.41) is 21.0. The lowest BCUT2D eigenvalue weighted by Gasteiger charge is -2.22. The maximum Gasteiger partial charge on any atom is 0.303 e. The van der Waals surface area contributed by atoms with E-state index in [0.717, 1.165) is 11.8 Å². The second-order valence-corrected chi connectivity index (χ2v) is 7.25. The minimum Gasteiger partial charge on any atom is -0.507 e. The van der Waals surface area contributed by atoms with Crippen LogP contribution in [0.25, 0.3) is 6.08 Å². The van der Waals surface area contributed by atoms with E-state index in [4.69, 9.17) is 17.3 Å². The van der Waals surface area contributed by atoms with Gasteiger partial charge in [0.25, 0.3) is 5.91 Å². The van der Waals surface area contributed by atoms with Crippen molar-refractivity contribution in [3.63, 3.8) is 0 Å². The summed E-state index contributed by atoms with van der Waals surface area (Å²) in [4.78, 5) is 36.8. The van der Waals surface area contributed by atoms with Crippen LogP contribution in [0.3, 0.4) is 0 Å². The van der Waals surface area contributed by atoms with Crippen LogP contribution in [0.4, 0.5) is 0 Å². The molecule has 1 unspecified atom stereocenters. The number of aliphatic carboxylic acids is 1. The first kappa shape index (κ1) is 19.9. The third-order valence-corrected chi connectivity index (χ3v) is 5.01. The third-order valence-electron chi connectivity index (χ3n) is 3.68. The smallest absolute Gasteiger partial charge is 0.303 e. The molecule has 3 N–H and O–H groups in total. The van der Waals surface area contributed by atoms with Crippen molar-refractivity contribution in [3.8, 4) is 5.75 Å². The van der Waals surface area contributed by atoms with Crippen molar-refractivity contribution in [1.82, 2.24) is 10.2 Å². The molecular weight excluding hydrogens is 376 g/mol. The number of hydrogen-bond donors (Lipinski definition) is 3. The Labute approximate surface area is 160 Å². The zero-order valence-corrected chi connectivity index (χ0v) is 15.6. The third kappa shape index (κ3) is 4.83. The molecule has 1 atom stereocenters. The zero-order valence-electron chi connectivity index (χ0n) is 14.0. The van der Waals surface area contributed by atoms with Gasteiger partial charge >= 0.3 is 5.97 Å². The van der Waals surface area contributed by atoms with E-state index in [1.165, 1.54) is 17.0 Å². The highest BCUT2D eigenvalue weighted by Gasteiger charge is 2.38. The Hall–Kier alpha value is -2.39. The molecule has 2 rings (SSSR count). The number of aromatic hydroxyl groups is 1. The van der Waals surface area contributed by atoms with Gasteiger partial charge in [0, 0.05) is 18.5 Å². The summed E-state index contributed by atoms with van der Waals surface area (Å²) >= 11 is 6.28. The van der Waals surface area contributed by atoms with Gasteiger partial charge in [0.2, 0.25) is 5.91 Å².